The van der Waals surface area contributed by atoms with Crippen LogP contribution in [0.1, 0.15) is 40.0 Å². The minimum absolute atomic E-state index is 0.850. The summed E-state index contributed by atoms with van der Waals surface area (Å²) in [5, 5.41) is 0. The molecule has 0 N–H and O–H groups in total. The molecule has 0 aliphatic rings. The number of rotatable bonds is 4. The van der Waals surface area contributed by atoms with Crippen molar-refractivity contribution in [3.05, 3.63) is 0 Å². The van der Waals surface area contributed by atoms with Gasteiger partial charge < -0.3 is 0 Å². The molecular weight excluding hydrogens is 128 g/mol. The van der Waals surface area contributed by atoms with Crippen molar-refractivity contribution in [3.8, 4) is 0 Å². The number of hydrogen-bond donors (Lipinski definition) is 0. The number of thiocarbonyl (C=S) groups is 1. The van der Waals surface area contributed by atoms with Crippen molar-refractivity contribution in [2.75, 3.05) is 0 Å². The lowest BCUT2D eigenvalue weighted by Crippen LogP contribution is -1.95. The van der Waals surface area contributed by atoms with E-state index in [-0.39, 0.29) is 0 Å². The lowest BCUT2D eigenvalue weighted by atomic mass is 10.0. The predicted octanol–water partition coefficient (Wildman–Crippen LogP) is 3.20. The van der Waals surface area contributed by atoms with Crippen LogP contribution in [-0.4, -0.2) is 4.86 Å². The van der Waals surface area contributed by atoms with E-state index in [4.69, 9.17) is 12.2 Å². The van der Waals surface area contributed by atoms with Crippen LogP contribution in [0.4, 0.5) is 0 Å². The summed E-state index contributed by atoms with van der Waals surface area (Å²) >= 11 is 4.96. The van der Waals surface area contributed by atoms with Crippen LogP contribution in [0.15, 0.2) is 0 Å². The molecule has 0 fully saturated rings. The fraction of sp³-hybridized carbons (Fsp3) is 0.875. The van der Waals surface area contributed by atoms with E-state index in [9.17, 15) is 0 Å². The summed E-state index contributed by atoms with van der Waals surface area (Å²) in [6.07, 6.45) is 3.68. The molecule has 54 valence electrons. The molecule has 1 heteroatoms. The van der Waals surface area contributed by atoms with Gasteiger partial charge >= 0.3 is 0 Å². The fourth-order valence-corrected chi connectivity index (χ4v) is 0.772. The van der Waals surface area contributed by atoms with Crippen LogP contribution in [0.2, 0.25) is 0 Å². The second-order valence-electron chi connectivity index (χ2n) is 2.75. The third kappa shape index (κ3) is 5.97. The van der Waals surface area contributed by atoms with Gasteiger partial charge in [0.1, 0.15) is 0 Å². The van der Waals surface area contributed by atoms with Gasteiger partial charge in [0.05, 0.1) is 0 Å². The van der Waals surface area contributed by atoms with Crippen LogP contribution in [0, 0.1) is 5.92 Å². The highest BCUT2D eigenvalue weighted by Crippen LogP contribution is 2.09. The summed E-state index contributed by atoms with van der Waals surface area (Å²) in [7, 11) is 0. The molecule has 0 radical (unpaired) electrons. The molecule has 0 saturated heterocycles. The van der Waals surface area contributed by atoms with E-state index < -0.39 is 0 Å². The summed E-state index contributed by atoms with van der Waals surface area (Å²) in [6.45, 7) is 6.53. The first-order valence-electron chi connectivity index (χ1n) is 3.66. The minimum atomic E-state index is 0.850. The first-order valence-corrected chi connectivity index (χ1v) is 4.07. The molecule has 1 atom stereocenters. The zero-order chi connectivity index (χ0) is 7.28. The van der Waals surface area contributed by atoms with Gasteiger partial charge in [0.25, 0.3) is 0 Å². The highest BCUT2D eigenvalue weighted by Gasteiger charge is 1.97. The summed E-state index contributed by atoms with van der Waals surface area (Å²) in [5.74, 6) is 0.850. The molecule has 9 heavy (non-hydrogen) atoms. The molecule has 1 unspecified atom stereocenters. The van der Waals surface area contributed by atoms with E-state index in [0.717, 1.165) is 17.2 Å². The van der Waals surface area contributed by atoms with Gasteiger partial charge in [0.2, 0.25) is 0 Å². The monoisotopic (exact) mass is 144 g/mol. The Kier molecular flexibility index (Phi) is 4.97. The number of hydrogen-bond acceptors (Lipinski definition) is 1. The predicted molar refractivity (Wildman–Crippen MR) is 47.0 cm³/mol. The zero-order valence-electron chi connectivity index (χ0n) is 6.61. The zero-order valence-corrected chi connectivity index (χ0v) is 7.42. The normalized spacial score (nSPS) is 13.2. The Labute approximate surface area is 63.7 Å². The quantitative estimate of drug-likeness (QED) is 0.546. The average Bonchev–Trinajstić information content (AvgIpc) is 1.83. The van der Waals surface area contributed by atoms with E-state index >= 15 is 0 Å². The molecule has 0 aromatic carbocycles. The molecule has 0 spiro atoms. The molecule has 0 aromatic rings. The van der Waals surface area contributed by atoms with Gasteiger partial charge in [-0.2, -0.15) is 0 Å². The maximum Gasteiger partial charge on any atom is -0.0102 e. The Balaban J connectivity index is 3.16. The van der Waals surface area contributed by atoms with Crippen LogP contribution in [0.5, 0.6) is 0 Å². The van der Waals surface area contributed by atoms with Crippen LogP contribution < -0.4 is 0 Å². The van der Waals surface area contributed by atoms with Gasteiger partial charge in [-0.1, -0.05) is 32.5 Å². The Morgan fingerprint density at radius 2 is 2.11 bits per heavy atom. The molecule has 0 heterocycles. The molecule has 0 rings (SSSR count). The smallest absolute Gasteiger partial charge is 0.0102 e. The third-order valence-electron chi connectivity index (χ3n) is 1.69. The Morgan fingerprint density at radius 3 is 2.44 bits per heavy atom. The van der Waals surface area contributed by atoms with Crippen molar-refractivity contribution in [1.82, 2.24) is 0 Å². The highest BCUT2D eigenvalue weighted by atomic mass is 32.1. The van der Waals surface area contributed by atoms with E-state index in [1.807, 2.05) is 6.92 Å². The van der Waals surface area contributed by atoms with Gasteiger partial charge in [-0.3, -0.25) is 0 Å². The highest BCUT2D eigenvalue weighted by molar-refractivity contribution is 7.80. The minimum Gasteiger partial charge on any atom is -0.0900 e. The second kappa shape index (κ2) is 4.92. The first-order chi connectivity index (χ1) is 4.16. The van der Waals surface area contributed by atoms with Crippen molar-refractivity contribution in [2.45, 2.75) is 40.0 Å². The van der Waals surface area contributed by atoms with Crippen molar-refractivity contribution in [1.29, 1.82) is 0 Å². The van der Waals surface area contributed by atoms with Crippen molar-refractivity contribution in [2.24, 2.45) is 5.92 Å². The standard InChI is InChI=1S/C8H16S/c1-4-7(2)5-6-8(3)9/h7H,4-6H2,1-3H3. The summed E-state index contributed by atoms with van der Waals surface area (Å²) in [5.41, 5.74) is 0. The lowest BCUT2D eigenvalue weighted by molar-refractivity contribution is 0.529. The maximum atomic E-state index is 4.96. The van der Waals surface area contributed by atoms with Gasteiger partial charge in [-0.05, 0) is 30.5 Å². The lowest BCUT2D eigenvalue weighted by Gasteiger charge is -2.05. The van der Waals surface area contributed by atoms with Crippen LogP contribution in [0.25, 0.3) is 0 Å². The van der Waals surface area contributed by atoms with Crippen molar-refractivity contribution in [3.63, 3.8) is 0 Å². The van der Waals surface area contributed by atoms with E-state index in [1.54, 1.807) is 0 Å². The largest absolute Gasteiger partial charge is 0.0900 e. The SMILES string of the molecule is CCC(C)CCC(C)=S. The molecule has 0 amide bonds. The molecule has 0 bridgehead atoms. The van der Waals surface area contributed by atoms with Gasteiger partial charge in [-0.15, -0.1) is 0 Å². The fourth-order valence-electron chi connectivity index (χ4n) is 0.654. The third-order valence-corrected chi connectivity index (χ3v) is 1.89. The van der Waals surface area contributed by atoms with E-state index in [2.05, 4.69) is 13.8 Å². The Morgan fingerprint density at radius 1 is 1.56 bits per heavy atom. The van der Waals surface area contributed by atoms with Crippen molar-refractivity contribution >= 4 is 17.1 Å². The molecular formula is C8H16S. The Bertz CT molecular complexity index is 86.6. The first kappa shape index (κ1) is 9.09. The van der Waals surface area contributed by atoms with Crippen LogP contribution in [0.3, 0.4) is 0 Å². The summed E-state index contributed by atoms with van der Waals surface area (Å²) < 4.78 is 0. The summed E-state index contributed by atoms with van der Waals surface area (Å²) in [6, 6.07) is 0. The summed E-state index contributed by atoms with van der Waals surface area (Å²) in [4.78, 5) is 1.15. The van der Waals surface area contributed by atoms with Gasteiger partial charge in [-0.25, -0.2) is 0 Å². The average molecular weight is 144 g/mol. The van der Waals surface area contributed by atoms with Crippen molar-refractivity contribution < 1.29 is 0 Å². The topological polar surface area (TPSA) is 0 Å². The van der Waals surface area contributed by atoms with Crippen LogP contribution in [-0.2, 0) is 0 Å². The molecule has 0 saturated carbocycles. The molecule has 0 nitrogen and oxygen atoms in total. The van der Waals surface area contributed by atoms with E-state index in [1.165, 1.54) is 12.8 Å². The second-order valence-corrected chi connectivity index (χ2v) is 3.45. The maximum absolute atomic E-state index is 4.96. The van der Waals surface area contributed by atoms with Gasteiger partial charge in [0.15, 0.2) is 0 Å². The molecule has 0 aromatic heterocycles. The van der Waals surface area contributed by atoms with Crippen LogP contribution >= 0.6 is 12.2 Å². The molecule has 0 aliphatic heterocycles. The van der Waals surface area contributed by atoms with Gasteiger partial charge in [0, 0.05) is 0 Å². The molecule has 0 aliphatic carbocycles. The Hall–Kier alpha value is 0.0900. The van der Waals surface area contributed by atoms with E-state index in [0.29, 0.717) is 0 Å².